The van der Waals surface area contributed by atoms with Crippen molar-refractivity contribution in [2.75, 3.05) is 10.2 Å². The third kappa shape index (κ3) is 3.29. The molecular formula is C24H22N2O2. The maximum Gasteiger partial charge on any atom is 0.259 e. The maximum absolute atomic E-state index is 13.2. The van der Waals surface area contributed by atoms with E-state index in [-0.39, 0.29) is 11.8 Å². The van der Waals surface area contributed by atoms with Gasteiger partial charge in [-0.15, -0.1) is 0 Å². The smallest absolute Gasteiger partial charge is 0.259 e. The highest BCUT2D eigenvalue weighted by atomic mass is 16.2. The van der Waals surface area contributed by atoms with Crippen LogP contribution in [-0.4, -0.2) is 17.9 Å². The van der Waals surface area contributed by atoms with Crippen LogP contribution in [0.15, 0.2) is 72.8 Å². The summed E-state index contributed by atoms with van der Waals surface area (Å²) in [4.78, 5) is 28.0. The summed E-state index contributed by atoms with van der Waals surface area (Å²) in [6, 6.07) is 22.2. The zero-order valence-electron chi connectivity index (χ0n) is 16.0. The highest BCUT2D eigenvalue weighted by molar-refractivity contribution is 6.13. The Kier molecular flexibility index (Phi) is 4.70. The molecule has 3 aromatic carbocycles. The van der Waals surface area contributed by atoms with Gasteiger partial charge in [0.2, 0.25) is 5.91 Å². The molecule has 2 amide bonds. The van der Waals surface area contributed by atoms with E-state index < -0.39 is 6.04 Å². The normalized spacial score (nSPS) is 15.2. The van der Waals surface area contributed by atoms with Gasteiger partial charge in [0.25, 0.3) is 5.91 Å². The number of carbonyl (C=O) groups excluding carboxylic acids is 2. The Hall–Kier alpha value is -3.40. The molecule has 1 N–H and O–H groups in total. The minimum atomic E-state index is -0.578. The Morgan fingerprint density at radius 2 is 1.64 bits per heavy atom. The van der Waals surface area contributed by atoms with Gasteiger partial charge in [-0.1, -0.05) is 54.1 Å². The second kappa shape index (κ2) is 7.31. The van der Waals surface area contributed by atoms with Crippen molar-refractivity contribution in [3.8, 4) is 0 Å². The van der Waals surface area contributed by atoms with Gasteiger partial charge in [0, 0.05) is 23.4 Å². The largest absolute Gasteiger partial charge is 0.324 e. The fourth-order valence-corrected chi connectivity index (χ4v) is 3.74. The maximum atomic E-state index is 13.2. The van der Waals surface area contributed by atoms with Gasteiger partial charge in [0.05, 0.1) is 0 Å². The molecule has 1 heterocycles. The predicted octanol–water partition coefficient (Wildman–Crippen LogP) is 4.51. The van der Waals surface area contributed by atoms with Gasteiger partial charge >= 0.3 is 0 Å². The number of carbonyl (C=O) groups is 2. The lowest BCUT2D eigenvalue weighted by Gasteiger charge is -2.25. The van der Waals surface area contributed by atoms with Crippen LogP contribution in [0.1, 0.15) is 27.0 Å². The fraction of sp³-hybridized carbons (Fsp3) is 0.167. The first-order chi connectivity index (χ1) is 13.5. The van der Waals surface area contributed by atoms with Crippen molar-refractivity contribution < 1.29 is 9.59 Å². The van der Waals surface area contributed by atoms with Crippen molar-refractivity contribution in [2.24, 2.45) is 0 Å². The molecule has 1 aliphatic heterocycles. The van der Waals surface area contributed by atoms with Gasteiger partial charge in [-0.3, -0.25) is 14.5 Å². The molecule has 0 saturated heterocycles. The lowest BCUT2D eigenvalue weighted by Crippen LogP contribution is -2.45. The summed E-state index contributed by atoms with van der Waals surface area (Å²) in [6.45, 7) is 3.99. The van der Waals surface area contributed by atoms with E-state index in [1.807, 2.05) is 74.5 Å². The van der Waals surface area contributed by atoms with Gasteiger partial charge in [0.15, 0.2) is 0 Å². The molecule has 4 heteroatoms. The van der Waals surface area contributed by atoms with Crippen molar-refractivity contribution >= 4 is 23.2 Å². The molecule has 4 rings (SSSR count). The Morgan fingerprint density at radius 3 is 2.39 bits per heavy atom. The number of hydrogen-bond acceptors (Lipinski definition) is 2. The number of hydrogen-bond donors (Lipinski definition) is 1. The van der Waals surface area contributed by atoms with E-state index in [1.165, 1.54) is 0 Å². The van der Waals surface area contributed by atoms with Gasteiger partial charge < -0.3 is 5.32 Å². The Balaban J connectivity index is 1.67. The summed E-state index contributed by atoms with van der Waals surface area (Å²) in [7, 11) is 0. The Bertz CT molecular complexity index is 1040. The topological polar surface area (TPSA) is 49.4 Å². The van der Waals surface area contributed by atoms with Crippen LogP contribution in [0.25, 0.3) is 0 Å². The number of rotatable bonds is 3. The first kappa shape index (κ1) is 18.0. The number of nitrogens with zero attached hydrogens (tertiary/aromatic N) is 1. The van der Waals surface area contributed by atoms with E-state index in [4.69, 9.17) is 0 Å². The Morgan fingerprint density at radius 1 is 0.929 bits per heavy atom. The number of amides is 2. The molecule has 1 atom stereocenters. The average Bonchev–Trinajstić information content (AvgIpc) is 3.10. The molecular weight excluding hydrogens is 348 g/mol. The quantitative estimate of drug-likeness (QED) is 0.737. The van der Waals surface area contributed by atoms with Crippen molar-refractivity contribution in [3.05, 3.63) is 95.1 Å². The van der Waals surface area contributed by atoms with Crippen molar-refractivity contribution in [1.29, 1.82) is 0 Å². The van der Waals surface area contributed by atoms with Crippen LogP contribution in [0.5, 0.6) is 0 Å². The molecule has 0 saturated carbocycles. The minimum absolute atomic E-state index is 0.161. The van der Waals surface area contributed by atoms with E-state index in [0.29, 0.717) is 12.0 Å². The Labute approximate surface area is 164 Å². The molecule has 0 fully saturated rings. The van der Waals surface area contributed by atoms with E-state index in [1.54, 1.807) is 17.0 Å². The molecule has 3 aromatic rings. The molecule has 28 heavy (non-hydrogen) atoms. The van der Waals surface area contributed by atoms with Crippen LogP contribution in [-0.2, 0) is 11.2 Å². The van der Waals surface area contributed by atoms with Gasteiger partial charge in [-0.05, 0) is 49.2 Å². The standard InChI is InChI=1S/C24H22N2O2/c1-16-12-13-20(17(2)14-16)25-23(27)22-15-19-10-6-7-11-21(19)26(22)24(28)18-8-4-3-5-9-18/h3-14,22H,15H2,1-2H3,(H,25,27)/t22-/m0/s1. The monoisotopic (exact) mass is 370 g/mol. The van der Waals surface area contributed by atoms with E-state index >= 15 is 0 Å². The van der Waals surface area contributed by atoms with Crippen LogP contribution in [0, 0.1) is 13.8 Å². The summed E-state index contributed by atoms with van der Waals surface area (Å²) in [5, 5.41) is 3.02. The minimum Gasteiger partial charge on any atom is -0.324 e. The molecule has 0 unspecified atom stereocenters. The molecule has 0 aromatic heterocycles. The van der Waals surface area contributed by atoms with Gasteiger partial charge in [0.1, 0.15) is 6.04 Å². The first-order valence-corrected chi connectivity index (χ1v) is 9.39. The zero-order chi connectivity index (χ0) is 19.7. The molecule has 0 bridgehead atoms. The highest BCUT2D eigenvalue weighted by Gasteiger charge is 2.38. The number of fused-ring (bicyclic) bond motifs is 1. The highest BCUT2D eigenvalue weighted by Crippen LogP contribution is 2.34. The molecule has 1 aliphatic rings. The van der Waals surface area contributed by atoms with Crippen LogP contribution in [0.3, 0.4) is 0 Å². The number of benzene rings is 3. The molecule has 140 valence electrons. The summed E-state index contributed by atoms with van der Waals surface area (Å²) in [6.07, 6.45) is 0.505. The first-order valence-electron chi connectivity index (χ1n) is 9.39. The van der Waals surface area contributed by atoms with E-state index in [0.717, 1.165) is 28.1 Å². The average molecular weight is 370 g/mol. The second-order valence-corrected chi connectivity index (χ2v) is 7.20. The lowest BCUT2D eigenvalue weighted by atomic mass is 10.1. The van der Waals surface area contributed by atoms with E-state index in [9.17, 15) is 9.59 Å². The van der Waals surface area contributed by atoms with Gasteiger partial charge in [-0.25, -0.2) is 0 Å². The summed E-state index contributed by atoms with van der Waals surface area (Å²) >= 11 is 0. The molecule has 0 spiro atoms. The molecule has 0 aliphatic carbocycles. The lowest BCUT2D eigenvalue weighted by molar-refractivity contribution is -0.117. The number of aryl methyl sites for hydroxylation is 2. The number of nitrogens with one attached hydrogen (secondary N) is 1. The number of anilines is 2. The third-order valence-electron chi connectivity index (χ3n) is 5.16. The van der Waals surface area contributed by atoms with Crippen LogP contribution in [0.4, 0.5) is 11.4 Å². The fourth-order valence-electron chi connectivity index (χ4n) is 3.74. The SMILES string of the molecule is Cc1ccc(NC(=O)[C@@H]2Cc3ccccc3N2C(=O)c2ccccc2)c(C)c1. The molecule has 4 nitrogen and oxygen atoms in total. The van der Waals surface area contributed by atoms with E-state index in [2.05, 4.69) is 5.32 Å². The van der Waals surface area contributed by atoms with Crippen LogP contribution < -0.4 is 10.2 Å². The second-order valence-electron chi connectivity index (χ2n) is 7.20. The summed E-state index contributed by atoms with van der Waals surface area (Å²) < 4.78 is 0. The summed E-state index contributed by atoms with van der Waals surface area (Å²) in [5.41, 5.74) is 5.31. The van der Waals surface area contributed by atoms with Crippen molar-refractivity contribution in [2.45, 2.75) is 26.3 Å². The van der Waals surface area contributed by atoms with Crippen molar-refractivity contribution in [1.82, 2.24) is 0 Å². The number of para-hydroxylation sites is 1. The molecule has 0 radical (unpaired) electrons. The zero-order valence-corrected chi connectivity index (χ0v) is 16.0. The van der Waals surface area contributed by atoms with Crippen molar-refractivity contribution in [3.63, 3.8) is 0 Å². The predicted molar refractivity (Wildman–Crippen MR) is 112 cm³/mol. The third-order valence-corrected chi connectivity index (χ3v) is 5.16. The van der Waals surface area contributed by atoms with Crippen LogP contribution in [0.2, 0.25) is 0 Å². The summed E-state index contributed by atoms with van der Waals surface area (Å²) in [5.74, 6) is -0.334. The van der Waals surface area contributed by atoms with Crippen LogP contribution >= 0.6 is 0 Å². The van der Waals surface area contributed by atoms with Gasteiger partial charge in [-0.2, -0.15) is 0 Å².